The van der Waals surface area contributed by atoms with Gasteiger partial charge in [-0.2, -0.15) is 0 Å². The number of hydrogen-bond donors (Lipinski definition) is 2. The molecular formula is C14H24O4. The molecule has 0 radical (unpaired) electrons. The van der Waals surface area contributed by atoms with Gasteiger partial charge in [-0.3, -0.25) is 9.59 Å². The van der Waals surface area contributed by atoms with Crippen LogP contribution in [0.25, 0.3) is 0 Å². The van der Waals surface area contributed by atoms with Crippen LogP contribution < -0.4 is 0 Å². The fourth-order valence-corrected chi connectivity index (χ4v) is 3.49. The maximum atomic E-state index is 11.3. The van der Waals surface area contributed by atoms with Crippen LogP contribution >= 0.6 is 0 Å². The molecule has 1 rings (SSSR count). The Kier molecular flexibility index (Phi) is 5.63. The molecule has 18 heavy (non-hydrogen) atoms. The van der Waals surface area contributed by atoms with Crippen LogP contribution in [0, 0.1) is 23.7 Å². The van der Waals surface area contributed by atoms with Crippen LogP contribution in [0.4, 0.5) is 0 Å². The van der Waals surface area contributed by atoms with Crippen molar-refractivity contribution in [2.24, 2.45) is 23.7 Å². The second kappa shape index (κ2) is 6.76. The summed E-state index contributed by atoms with van der Waals surface area (Å²) in [4.78, 5) is 22.6. The van der Waals surface area contributed by atoms with Crippen LogP contribution in [0.3, 0.4) is 0 Å². The van der Waals surface area contributed by atoms with E-state index >= 15 is 0 Å². The first-order valence-electron chi connectivity index (χ1n) is 6.98. The summed E-state index contributed by atoms with van der Waals surface area (Å²) in [6.45, 7) is 4.07. The Labute approximate surface area is 108 Å². The van der Waals surface area contributed by atoms with Crippen molar-refractivity contribution < 1.29 is 19.8 Å². The van der Waals surface area contributed by atoms with Crippen molar-refractivity contribution in [3.8, 4) is 0 Å². The zero-order valence-electron chi connectivity index (χ0n) is 11.3. The SMILES string of the molecule is CCCC1C(C(=O)O)CCC(C(=O)O)C1CCC. The number of carboxylic acids is 2. The Bertz CT molecular complexity index is 270. The maximum Gasteiger partial charge on any atom is 0.306 e. The molecule has 1 aliphatic carbocycles. The molecule has 4 heteroatoms. The molecule has 4 nitrogen and oxygen atoms in total. The molecule has 0 aromatic heterocycles. The van der Waals surface area contributed by atoms with Gasteiger partial charge in [0.1, 0.15) is 0 Å². The van der Waals surface area contributed by atoms with E-state index in [1.54, 1.807) is 0 Å². The average Bonchev–Trinajstić information content (AvgIpc) is 2.30. The average molecular weight is 256 g/mol. The van der Waals surface area contributed by atoms with E-state index in [2.05, 4.69) is 0 Å². The second-order valence-electron chi connectivity index (χ2n) is 5.37. The van der Waals surface area contributed by atoms with Crippen molar-refractivity contribution in [3.05, 3.63) is 0 Å². The highest BCUT2D eigenvalue weighted by Crippen LogP contribution is 2.43. The summed E-state index contributed by atoms with van der Waals surface area (Å²) in [6, 6.07) is 0. The van der Waals surface area contributed by atoms with Gasteiger partial charge in [0.15, 0.2) is 0 Å². The van der Waals surface area contributed by atoms with E-state index in [1.165, 1.54) is 0 Å². The van der Waals surface area contributed by atoms with Crippen molar-refractivity contribution in [2.45, 2.75) is 52.4 Å². The van der Waals surface area contributed by atoms with Crippen molar-refractivity contribution in [2.75, 3.05) is 0 Å². The summed E-state index contributed by atoms with van der Waals surface area (Å²) in [7, 11) is 0. The molecule has 0 spiro atoms. The Morgan fingerprint density at radius 1 is 0.889 bits per heavy atom. The molecule has 104 valence electrons. The summed E-state index contributed by atoms with van der Waals surface area (Å²) in [5.41, 5.74) is 0. The predicted molar refractivity (Wildman–Crippen MR) is 68.3 cm³/mol. The predicted octanol–water partition coefficient (Wildman–Crippen LogP) is 3.01. The van der Waals surface area contributed by atoms with Crippen LogP contribution in [0.5, 0.6) is 0 Å². The standard InChI is InChI=1S/C14H24O4/c1-3-5-9-10(6-4-2)12(14(17)18)8-7-11(9)13(15)16/h9-12H,3-8H2,1-2H3,(H,15,16)(H,17,18). The molecule has 4 atom stereocenters. The molecule has 4 unspecified atom stereocenters. The molecule has 0 aliphatic heterocycles. The fourth-order valence-electron chi connectivity index (χ4n) is 3.49. The highest BCUT2D eigenvalue weighted by molar-refractivity contribution is 5.73. The molecule has 1 fully saturated rings. The molecule has 1 aliphatic rings. The van der Waals surface area contributed by atoms with Crippen LogP contribution in [-0.4, -0.2) is 22.2 Å². The topological polar surface area (TPSA) is 74.6 Å². The summed E-state index contributed by atoms with van der Waals surface area (Å²) >= 11 is 0. The quantitative estimate of drug-likeness (QED) is 0.766. The molecule has 0 heterocycles. The lowest BCUT2D eigenvalue weighted by atomic mass is 9.63. The number of hydrogen-bond acceptors (Lipinski definition) is 2. The van der Waals surface area contributed by atoms with Gasteiger partial charge in [0.05, 0.1) is 11.8 Å². The van der Waals surface area contributed by atoms with Crippen molar-refractivity contribution in [1.29, 1.82) is 0 Å². The van der Waals surface area contributed by atoms with Gasteiger partial charge in [-0.15, -0.1) is 0 Å². The summed E-state index contributed by atoms with van der Waals surface area (Å²) < 4.78 is 0. The van der Waals surface area contributed by atoms with Gasteiger partial charge < -0.3 is 10.2 Å². The van der Waals surface area contributed by atoms with Crippen LogP contribution in [0.15, 0.2) is 0 Å². The van der Waals surface area contributed by atoms with Gasteiger partial charge in [-0.05, 0) is 37.5 Å². The highest BCUT2D eigenvalue weighted by Gasteiger charge is 2.44. The monoisotopic (exact) mass is 256 g/mol. The Hall–Kier alpha value is -1.06. The van der Waals surface area contributed by atoms with Crippen LogP contribution in [-0.2, 0) is 9.59 Å². The van der Waals surface area contributed by atoms with E-state index in [0.29, 0.717) is 12.8 Å². The van der Waals surface area contributed by atoms with Gasteiger partial charge >= 0.3 is 11.9 Å². The molecule has 0 bridgehead atoms. The lowest BCUT2D eigenvalue weighted by Crippen LogP contribution is -2.41. The third-order valence-corrected chi connectivity index (χ3v) is 4.25. The molecule has 2 N–H and O–H groups in total. The third-order valence-electron chi connectivity index (χ3n) is 4.25. The fraction of sp³-hybridized carbons (Fsp3) is 0.857. The minimum absolute atomic E-state index is 0.0299. The first-order chi connectivity index (χ1) is 8.52. The summed E-state index contributed by atoms with van der Waals surface area (Å²) in [5, 5.41) is 18.6. The summed E-state index contributed by atoms with van der Waals surface area (Å²) in [5.74, 6) is -2.14. The van der Waals surface area contributed by atoms with Crippen LogP contribution in [0.2, 0.25) is 0 Å². The van der Waals surface area contributed by atoms with Crippen molar-refractivity contribution in [3.63, 3.8) is 0 Å². The minimum Gasteiger partial charge on any atom is -0.481 e. The second-order valence-corrected chi connectivity index (χ2v) is 5.37. The van der Waals surface area contributed by atoms with Gasteiger partial charge in [0.2, 0.25) is 0 Å². The number of carbonyl (C=O) groups is 2. The number of rotatable bonds is 6. The normalized spacial score (nSPS) is 32.1. The largest absolute Gasteiger partial charge is 0.481 e. The maximum absolute atomic E-state index is 11.3. The van der Waals surface area contributed by atoms with Crippen molar-refractivity contribution >= 4 is 11.9 Å². The molecule has 0 saturated heterocycles. The summed E-state index contributed by atoms with van der Waals surface area (Å²) in [6.07, 6.45) is 4.51. The van der Waals surface area contributed by atoms with E-state index in [4.69, 9.17) is 0 Å². The molecular weight excluding hydrogens is 232 g/mol. The lowest BCUT2D eigenvalue weighted by molar-refractivity contribution is -0.155. The van der Waals surface area contributed by atoms with Crippen molar-refractivity contribution in [1.82, 2.24) is 0 Å². The van der Waals surface area contributed by atoms with Gasteiger partial charge in [0.25, 0.3) is 0 Å². The highest BCUT2D eigenvalue weighted by atomic mass is 16.4. The van der Waals surface area contributed by atoms with Gasteiger partial charge in [-0.25, -0.2) is 0 Å². The first kappa shape index (κ1) is 15.0. The molecule has 0 aromatic carbocycles. The van der Waals surface area contributed by atoms with Gasteiger partial charge in [0, 0.05) is 0 Å². The zero-order valence-corrected chi connectivity index (χ0v) is 11.3. The minimum atomic E-state index is -0.751. The molecule has 0 amide bonds. The smallest absolute Gasteiger partial charge is 0.306 e. The third kappa shape index (κ3) is 3.24. The van der Waals surface area contributed by atoms with Crippen LogP contribution in [0.1, 0.15) is 52.4 Å². The van der Waals surface area contributed by atoms with E-state index in [0.717, 1.165) is 25.7 Å². The zero-order chi connectivity index (χ0) is 13.7. The molecule has 0 aromatic rings. The van der Waals surface area contributed by atoms with E-state index in [-0.39, 0.29) is 23.7 Å². The molecule has 1 saturated carbocycles. The number of aliphatic carboxylic acids is 2. The van der Waals surface area contributed by atoms with Gasteiger partial charge in [-0.1, -0.05) is 26.7 Å². The Morgan fingerprint density at radius 3 is 1.44 bits per heavy atom. The Morgan fingerprint density at radius 2 is 1.22 bits per heavy atom. The van der Waals surface area contributed by atoms with E-state index in [1.807, 2.05) is 13.8 Å². The van der Waals surface area contributed by atoms with E-state index < -0.39 is 11.9 Å². The Balaban J connectivity index is 2.93. The number of carboxylic acid groups (broad SMARTS) is 2. The van der Waals surface area contributed by atoms with E-state index in [9.17, 15) is 19.8 Å². The lowest BCUT2D eigenvalue weighted by Gasteiger charge is -2.40. The first-order valence-corrected chi connectivity index (χ1v) is 6.98.